The lowest BCUT2D eigenvalue weighted by molar-refractivity contribution is 0.0341. The van der Waals surface area contributed by atoms with Crippen molar-refractivity contribution in [2.45, 2.75) is 26.9 Å². The summed E-state index contributed by atoms with van der Waals surface area (Å²) in [5.74, 6) is 1.37. The van der Waals surface area contributed by atoms with Crippen LogP contribution in [0.25, 0.3) is 0 Å². The van der Waals surface area contributed by atoms with E-state index in [0.29, 0.717) is 12.5 Å². The van der Waals surface area contributed by atoms with Crippen molar-refractivity contribution in [3.05, 3.63) is 35.4 Å². The Kier molecular flexibility index (Phi) is 9.45. The van der Waals surface area contributed by atoms with Crippen LogP contribution in [0.5, 0.6) is 0 Å². The van der Waals surface area contributed by atoms with Gasteiger partial charge in [0, 0.05) is 46.4 Å². The maximum Gasteiger partial charge on any atom is 0.191 e. The van der Waals surface area contributed by atoms with Crippen LogP contribution in [0.15, 0.2) is 29.3 Å². The van der Waals surface area contributed by atoms with Crippen molar-refractivity contribution < 1.29 is 9.47 Å². The summed E-state index contributed by atoms with van der Waals surface area (Å²) in [7, 11) is 1.80. The number of hydrogen-bond donors (Lipinski definition) is 2. The monoisotopic (exact) mass is 362 g/mol. The van der Waals surface area contributed by atoms with Crippen LogP contribution < -0.4 is 10.6 Å². The molecule has 2 N–H and O–H groups in total. The third-order valence-electron chi connectivity index (χ3n) is 4.28. The second-order valence-electron chi connectivity index (χ2n) is 6.98. The van der Waals surface area contributed by atoms with Gasteiger partial charge in [-0.25, -0.2) is 0 Å². The molecule has 0 unspecified atom stereocenters. The van der Waals surface area contributed by atoms with Crippen molar-refractivity contribution in [1.82, 2.24) is 15.5 Å². The van der Waals surface area contributed by atoms with Crippen molar-refractivity contribution in [3.63, 3.8) is 0 Å². The predicted octanol–water partition coefficient (Wildman–Crippen LogP) is 1.86. The van der Waals surface area contributed by atoms with Gasteiger partial charge in [0.15, 0.2) is 5.96 Å². The highest BCUT2D eigenvalue weighted by Gasteiger charge is 2.12. The van der Waals surface area contributed by atoms with Gasteiger partial charge in [-0.1, -0.05) is 38.1 Å². The Morgan fingerprint density at radius 2 is 1.92 bits per heavy atom. The molecule has 146 valence electrons. The maximum absolute atomic E-state index is 5.60. The smallest absolute Gasteiger partial charge is 0.191 e. The van der Waals surface area contributed by atoms with E-state index in [2.05, 4.69) is 58.6 Å². The van der Waals surface area contributed by atoms with Crippen molar-refractivity contribution in [2.75, 3.05) is 53.1 Å². The third-order valence-corrected chi connectivity index (χ3v) is 4.28. The van der Waals surface area contributed by atoms with Gasteiger partial charge in [0.05, 0.1) is 19.8 Å². The minimum Gasteiger partial charge on any atom is -0.379 e. The highest BCUT2D eigenvalue weighted by Crippen LogP contribution is 2.12. The molecule has 1 aliphatic heterocycles. The van der Waals surface area contributed by atoms with Gasteiger partial charge < -0.3 is 20.1 Å². The molecule has 0 aromatic heterocycles. The molecular formula is C20H34N4O2. The Balaban J connectivity index is 1.78. The van der Waals surface area contributed by atoms with Crippen LogP contribution in [0.1, 0.15) is 25.0 Å². The molecule has 2 rings (SSSR count). The van der Waals surface area contributed by atoms with Gasteiger partial charge in [0.2, 0.25) is 0 Å². The summed E-state index contributed by atoms with van der Waals surface area (Å²) in [5.41, 5.74) is 2.66. The predicted molar refractivity (Wildman–Crippen MR) is 106 cm³/mol. The number of guanidine groups is 1. The zero-order valence-corrected chi connectivity index (χ0v) is 16.5. The van der Waals surface area contributed by atoms with E-state index in [1.54, 1.807) is 7.05 Å². The van der Waals surface area contributed by atoms with Gasteiger partial charge in [0.25, 0.3) is 0 Å². The Morgan fingerprint density at radius 3 is 2.62 bits per heavy atom. The topological polar surface area (TPSA) is 58.1 Å². The normalized spacial score (nSPS) is 16.1. The van der Waals surface area contributed by atoms with Gasteiger partial charge in [0.1, 0.15) is 0 Å². The number of aliphatic imine (C=N–C) groups is 1. The highest BCUT2D eigenvalue weighted by molar-refractivity contribution is 5.79. The Labute approximate surface area is 158 Å². The first-order valence-electron chi connectivity index (χ1n) is 9.58. The molecule has 26 heavy (non-hydrogen) atoms. The summed E-state index contributed by atoms with van der Waals surface area (Å²) < 4.78 is 11.0. The van der Waals surface area contributed by atoms with E-state index in [0.717, 1.165) is 58.5 Å². The molecule has 0 radical (unpaired) electrons. The molecule has 1 fully saturated rings. The summed E-state index contributed by atoms with van der Waals surface area (Å²) in [4.78, 5) is 6.74. The van der Waals surface area contributed by atoms with Crippen LogP contribution in [0.2, 0.25) is 0 Å². The van der Waals surface area contributed by atoms with Crippen LogP contribution in [0.4, 0.5) is 0 Å². The van der Waals surface area contributed by atoms with E-state index in [1.807, 2.05) is 0 Å². The molecule has 6 nitrogen and oxygen atoms in total. The van der Waals surface area contributed by atoms with Crippen LogP contribution in [0.3, 0.4) is 0 Å². The van der Waals surface area contributed by atoms with Gasteiger partial charge in [-0.3, -0.25) is 9.89 Å². The minimum absolute atomic E-state index is 0.565. The van der Waals surface area contributed by atoms with Crippen molar-refractivity contribution in [2.24, 2.45) is 10.9 Å². The molecule has 0 aliphatic carbocycles. The zero-order chi connectivity index (χ0) is 18.6. The molecular weight excluding hydrogens is 328 g/mol. The van der Waals surface area contributed by atoms with E-state index in [-0.39, 0.29) is 0 Å². The van der Waals surface area contributed by atoms with Crippen LogP contribution >= 0.6 is 0 Å². The summed E-state index contributed by atoms with van der Waals surface area (Å²) in [6.07, 6.45) is 0. The average Bonchev–Trinajstić information content (AvgIpc) is 2.65. The first kappa shape index (κ1) is 20.7. The summed E-state index contributed by atoms with van der Waals surface area (Å²) >= 11 is 0. The number of morpholine rings is 1. The van der Waals surface area contributed by atoms with Crippen molar-refractivity contribution in [3.8, 4) is 0 Å². The van der Waals surface area contributed by atoms with Crippen LogP contribution in [0, 0.1) is 5.92 Å². The zero-order valence-electron chi connectivity index (χ0n) is 16.5. The molecule has 0 saturated carbocycles. The fourth-order valence-corrected chi connectivity index (χ4v) is 2.84. The third kappa shape index (κ3) is 7.72. The van der Waals surface area contributed by atoms with E-state index in [4.69, 9.17) is 9.47 Å². The van der Waals surface area contributed by atoms with Gasteiger partial charge in [-0.2, -0.15) is 0 Å². The second kappa shape index (κ2) is 11.9. The fourth-order valence-electron chi connectivity index (χ4n) is 2.84. The molecule has 1 aromatic carbocycles. The molecule has 0 bridgehead atoms. The Morgan fingerprint density at radius 1 is 1.19 bits per heavy atom. The number of rotatable bonds is 9. The van der Waals surface area contributed by atoms with Gasteiger partial charge in [-0.05, 0) is 17.0 Å². The molecule has 0 atom stereocenters. The quantitative estimate of drug-likeness (QED) is 0.399. The molecule has 0 spiro atoms. The summed E-state index contributed by atoms with van der Waals surface area (Å²) in [5, 5.41) is 6.70. The number of nitrogens with zero attached hydrogens (tertiary/aromatic N) is 2. The Hall–Kier alpha value is -1.63. The summed E-state index contributed by atoms with van der Waals surface area (Å²) in [6, 6.07) is 8.60. The molecule has 1 aliphatic rings. The Bertz CT molecular complexity index is 542. The lowest BCUT2D eigenvalue weighted by Gasteiger charge is -2.27. The number of benzene rings is 1. The molecule has 1 aromatic rings. The van der Waals surface area contributed by atoms with Crippen LogP contribution in [-0.2, 0) is 22.6 Å². The average molecular weight is 363 g/mol. The van der Waals surface area contributed by atoms with Crippen LogP contribution in [-0.4, -0.2) is 64.0 Å². The molecule has 1 saturated heterocycles. The number of hydrogen-bond acceptors (Lipinski definition) is 4. The minimum atomic E-state index is 0.565. The second-order valence-corrected chi connectivity index (χ2v) is 6.98. The van der Waals surface area contributed by atoms with E-state index < -0.39 is 0 Å². The van der Waals surface area contributed by atoms with Gasteiger partial charge in [-0.15, -0.1) is 0 Å². The van der Waals surface area contributed by atoms with Crippen molar-refractivity contribution >= 4 is 5.96 Å². The number of ether oxygens (including phenoxy) is 2. The molecule has 0 amide bonds. The molecule has 1 heterocycles. The van der Waals surface area contributed by atoms with Gasteiger partial charge >= 0.3 is 0 Å². The fraction of sp³-hybridized carbons (Fsp3) is 0.650. The number of nitrogens with one attached hydrogen (secondary N) is 2. The maximum atomic E-state index is 5.60. The first-order chi connectivity index (χ1) is 12.7. The van der Waals surface area contributed by atoms with E-state index in [1.165, 1.54) is 11.1 Å². The lowest BCUT2D eigenvalue weighted by atomic mass is 10.1. The van der Waals surface area contributed by atoms with E-state index in [9.17, 15) is 0 Å². The van der Waals surface area contributed by atoms with Crippen molar-refractivity contribution in [1.29, 1.82) is 0 Å². The first-order valence-corrected chi connectivity index (χ1v) is 9.58. The summed E-state index contributed by atoms with van der Waals surface area (Å²) in [6.45, 7) is 11.9. The highest BCUT2D eigenvalue weighted by atomic mass is 16.5. The standard InChI is InChI=1S/C20H34N4O2/c1-17(2)16-26-11-8-22-20(21-3)23-14-18-6-4-5-7-19(18)15-24-9-12-25-13-10-24/h4-7,17H,8-16H2,1-3H3,(H2,21,22,23). The largest absolute Gasteiger partial charge is 0.379 e. The SMILES string of the molecule is CN=C(NCCOCC(C)C)NCc1ccccc1CN1CCOCC1. The molecule has 6 heteroatoms. The lowest BCUT2D eigenvalue weighted by Crippen LogP contribution is -2.39. The van der Waals surface area contributed by atoms with E-state index >= 15 is 0 Å².